The van der Waals surface area contributed by atoms with Crippen LogP contribution in [0.3, 0.4) is 0 Å². The van der Waals surface area contributed by atoms with Crippen molar-refractivity contribution in [1.29, 1.82) is 5.26 Å². The predicted octanol–water partition coefficient (Wildman–Crippen LogP) is 1.50. The first-order valence-electron chi connectivity index (χ1n) is 3.78. The largest absolute Gasteiger partial charge is 0.497 e. The van der Waals surface area contributed by atoms with Crippen LogP contribution < -0.4 is 10.5 Å². The lowest BCUT2D eigenvalue weighted by Crippen LogP contribution is -2.12. The van der Waals surface area contributed by atoms with Gasteiger partial charge in [-0.15, -0.1) is 0 Å². The fourth-order valence-electron chi connectivity index (χ4n) is 1.04. The van der Waals surface area contributed by atoms with Crippen LogP contribution >= 0.6 is 0 Å². The van der Waals surface area contributed by atoms with Crippen LogP contribution in [0.25, 0.3) is 0 Å². The Labute approximate surface area is 79.7 Å². The molecule has 1 aromatic carbocycles. The number of nitriles is 1. The topological polar surface area (TPSA) is 59.0 Å². The summed E-state index contributed by atoms with van der Waals surface area (Å²) < 4.78 is 31.0. The van der Waals surface area contributed by atoms with E-state index in [4.69, 9.17) is 11.0 Å². The smallest absolute Gasteiger partial charge is 0.135 e. The molecular formula is C9H8F2N2O. The Morgan fingerprint density at radius 2 is 1.93 bits per heavy atom. The number of rotatable bonds is 2. The molecule has 1 atom stereocenters. The zero-order chi connectivity index (χ0) is 10.7. The maximum absolute atomic E-state index is 13.2. The highest BCUT2D eigenvalue weighted by Crippen LogP contribution is 2.24. The highest BCUT2D eigenvalue weighted by molar-refractivity contribution is 5.34. The summed E-state index contributed by atoms with van der Waals surface area (Å²) in [4.78, 5) is 0. The Morgan fingerprint density at radius 3 is 2.29 bits per heavy atom. The average molecular weight is 198 g/mol. The van der Waals surface area contributed by atoms with E-state index in [-0.39, 0.29) is 5.75 Å². The molecule has 0 radical (unpaired) electrons. The molecule has 0 amide bonds. The van der Waals surface area contributed by atoms with E-state index < -0.39 is 23.2 Å². The van der Waals surface area contributed by atoms with Crippen molar-refractivity contribution in [3.63, 3.8) is 0 Å². The van der Waals surface area contributed by atoms with E-state index in [9.17, 15) is 8.78 Å². The molecule has 0 aliphatic heterocycles. The van der Waals surface area contributed by atoms with Gasteiger partial charge in [0.1, 0.15) is 23.4 Å². The van der Waals surface area contributed by atoms with Crippen LogP contribution in [0.4, 0.5) is 8.78 Å². The van der Waals surface area contributed by atoms with Crippen molar-refractivity contribution in [3.8, 4) is 11.8 Å². The van der Waals surface area contributed by atoms with Crippen LogP contribution in [-0.4, -0.2) is 7.11 Å². The van der Waals surface area contributed by atoms with Gasteiger partial charge in [0.25, 0.3) is 0 Å². The maximum Gasteiger partial charge on any atom is 0.135 e. The van der Waals surface area contributed by atoms with E-state index in [0.29, 0.717) is 0 Å². The van der Waals surface area contributed by atoms with Gasteiger partial charge >= 0.3 is 0 Å². The second kappa shape index (κ2) is 4.03. The van der Waals surface area contributed by atoms with Gasteiger partial charge in [0.15, 0.2) is 0 Å². The van der Waals surface area contributed by atoms with E-state index >= 15 is 0 Å². The third kappa shape index (κ3) is 1.80. The fourth-order valence-corrected chi connectivity index (χ4v) is 1.04. The summed E-state index contributed by atoms with van der Waals surface area (Å²) >= 11 is 0. The van der Waals surface area contributed by atoms with Gasteiger partial charge in [0.2, 0.25) is 0 Å². The lowest BCUT2D eigenvalue weighted by Gasteiger charge is -2.08. The molecular weight excluding hydrogens is 190 g/mol. The maximum atomic E-state index is 13.2. The first-order chi connectivity index (χ1) is 6.60. The van der Waals surface area contributed by atoms with Gasteiger partial charge in [-0.2, -0.15) is 5.26 Å². The van der Waals surface area contributed by atoms with Gasteiger partial charge in [-0.3, -0.25) is 0 Å². The molecule has 74 valence electrons. The fraction of sp³-hybridized carbons (Fsp3) is 0.222. The minimum Gasteiger partial charge on any atom is -0.497 e. The van der Waals surface area contributed by atoms with Crippen LogP contribution in [0.2, 0.25) is 0 Å². The second-order valence-corrected chi connectivity index (χ2v) is 2.61. The summed E-state index contributed by atoms with van der Waals surface area (Å²) in [7, 11) is 1.29. The molecule has 0 saturated heterocycles. The van der Waals surface area contributed by atoms with Gasteiger partial charge in [0, 0.05) is 12.1 Å². The number of ether oxygens (including phenoxy) is 1. The zero-order valence-corrected chi connectivity index (χ0v) is 7.42. The molecule has 0 aliphatic rings. The third-order valence-corrected chi connectivity index (χ3v) is 1.74. The minimum absolute atomic E-state index is 0.0499. The van der Waals surface area contributed by atoms with Crippen molar-refractivity contribution < 1.29 is 13.5 Å². The zero-order valence-electron chi connectivity index (χ0n) is 7.42. The average Bonchev–Trinajstić information content (AvgIpc) is 2.16. The highest BCUT2D eigenvalue weighted by atomic mass is 19.1. The molecule has 0 saturated carbocycles. The lowest BCUT2D eigenvalue weighted by molar-refractivity contribution is 0.404. The Morgan fingerprint density at radius 1 is 1.43 bits per heavy atom. The van der Waals surface area contributed by atoms with Crippen LogP contribution in [-0.2, 0) is 0 Å². The van der Waals surface area contributed by atoms with E-state index in [0.717, 1.165) is 12.1 Å². The molecule has 3 nitrogen and oxygen atoms in total. The predicted molar refractivity (Wildman–Crippen MR) is 45.5 cm³/mol. The summed E-state index contributed by atoms with van der Waals surface area (Å²) in [6.45, 7) is 0. The molecule has 5 heteroatoms. The number of hydrogen-bond acceptors (Lipinski definition) is 3. The molecule has 0 heterocycles. The molecule has 0 spiro atoms. The Kier molecular flexibility index (Phi) is 2.99. The van der Waals surface area contributed by atoms with Crippen molar-refractivity contribution in [3.05, 3.63) is 29.3 Å². The first kappa shape index (κ1) is 10.4. The normalized spacial score (nSPS) is 11.9. The molecule has 0 bridgehead atoms. The van der Waals surface area contributed by atoms with E-state index in [1.165, 1.54) is 7.11 Å². The standard InChI is InChI=1S/C9H8F2N2O/c1-14-5-2-6(10)9(7(11)3-5)8(13)4-12/h2-3,8H,13H2,1H3/t8-/m1/s1. The van der Waals surface area contributed by atoms with Crippen molar-refractivity contribution in [2.75, 3.05) is 7.11 Å². The second-order valence-electron chi connectivity index (χ2n) is 2.61. The Bertz CT molecular complexity index is 364. The SMILES string of the molecule is COc1cc(F)c([C@H](N)C#N)c(F)c1. The van der Waals surface area contributed by atoms with Gasteiger partial charge in [-0.1, -0.05) is 0 Å². The van der Waals surface area contributed by atoms with Gasteiger partial charge < -0.3 is 10.5 Å². The molecule has 1 rings (SSSR count). The van der Waals surface area contributed by atoms with Crippen molar-refractivity contribution in [2.24, 2.45) is 5.73 Å². The van der Waals surface area contributed by atoms with Crippen LogP contribution in [0, 0.1) is 23.0 Å². The highest BCUT2D eigenvalue weighted by Gasteiger charge is 2.17. The van der Waals surface area contributed by atoms with Crippen LogP contribution in [0.1, 0.15) is 11.6 Å². The van der Waals surface area contributed by atoms with Crippen molar-refractivity contribution >= 4 is 0 Å². The molecule has 0 fully saturated rings. The summed E-state index contributed by atoms with van der Waals surface area (Å²) in [5, 5.41) is 8.42. The number of halogens is 2. The number of hydrogen-bond donors (Lipinski definition) is 1. The van der Waals surface area contributed by atoms with Crippen molar-refractivity contribution in [1.82, 2.24) is 0 Å². The summed E-state index contributed by atoms with van der Waals surface area (Å²) in [6.07, 6.45) is 0. The first-order valence-corrected chi connectivity index (χ1v) is 3.78. The number of nitrogens with zero attached hydrogens (tertiary/aromatic N) is 1. The number of nitrogens with two attached hydrogens (primary N) is 1. The summed E-state index contributed by atoms with van der Waals surface area (Å²) in [6, 6.07) is 2.22. The summed E-state index contributed by atoms with van der Waals surface area (Å²) in [5.74, 6) is -1.71. The quantitative estimate of drug-likeness (QED) is 0.783. The van der Waals surface area contributed by atoms with E-state index in [2.05, 4.69) is 4.74 Å². The summed E-state index contributed by atoms with van der Waals surface area (Å²) in [5.41, 5.74) is 4.77. The van der Waals surface area contributed by atoms with Crippen LogP contribution in [0.15, 0.2) is 12.1 Å². The number of methoxy groups -OCH3 is 1. The van der Waals surface area contributed by atoms with Crippen molar-refractivity contribution in [2.45, 2.75) is 6.04 Å². The monoisotopic (exact) mass is 198 g/mol. The van der Waals surface area contributed by atoms with E-state index in [1.54, 1.807) is 6.07 Å². The lowest BCUT2D eigenvalue weighted by atomic mass is 10.1. The van der Waals surface area contributed by atoms with Gasteiger partial charge in [-0.25, -0.2) is 8.78 Å². The Hall–Kier alpha value is -1.67. The molecule has 0 aliphatic carbocycles. The molecule has 2 N–H and O–H groups in total. The molecule has 14 heavy (non-hydrogen) atoms. The third-order valence-electron chi connectivity index (χ3n) is 1.74. The van der Waals surface area contributed by atoms with Crippen LogP contribution in [0.5, 0.6) is 5.75 Å². The number of benzene rings is 1. The molecule has 0 aromatic heterocycles. The van der Waals surface area contributed by atoms with Gasteiger partial charge in [0.05, 0.1) is 18.7 Å². The van der Waals surface area contributed by atoms with Gasteiger partial charge in [-0.05, 0) is 0 Å². The molecule has 1 aromatic rings. The molecule has 0 unspecified atom stereocenters. The minimum atomic E-state index is -1.30. The van der Waals surface area contributed by atoms with E-state index in [1.807, 2.05) is 0 Å². The Balaban J connectivity index is 3.26.